The lowest BCUT2D eigenvalue weighted by atomic mass is 9.84. The molecule has 0 aromatic carbocycles. The van der Waals surface area contributed by atoms with Gasteiger partial charge < -0.3 is 37.0 Å². The van der Waals surface area contributed by atoms with Crippen LogP contribution in [0.25, 0.3) is 0 Å². The second-order valence-corrected chi connectivity index (χ2v) is 8.90. The molecule has 0 aromatic rings. The highest BCUT2D eigenvalue weighted by Crippen LogP contribution is 2.27. The highest BCUT2D eigenvalue weighted by molar-refractivity contribution is 5.94. The molecule has 1 aliphatic rings. The van der Waals surface area contributed by atoms with Crippen molar-refractivity contribution in [3.05, 3.63) is 0 Å². The highest BCUT2D eigenvalue weighted by atomic mass is 16.4. The molecule has 1 aliphatic carbocycles. The summed E-state index contributed by atoms with van der Waals surface area (Å²) in [6.45, 7) is 1.37. The Kier molecular flexibility index (Phi) is 12.7. The van der Waals surface area contributed by atoms with E-state index in [0.717, 1.165) is 32.1 Å². The standard InChI is InChI=1S/C22H36N4O9/c1-12(24-20(32)14(23)7-9-17(27)28)19(31)26-16(11-13-5-3-2-4-6-13)21(33)25-15(22(34)35)8-10-18(29)30/h12-16H,2-11,23H2,1H3,(H,24,32)(H,25,33)(H,26,31)(H,27,28)(H,29,30)(H,34,35)/t12-,14-,15+,16-/m0/s1. The van der Waals surface area contributed by atoms with Crippen LogP contribution in [0.2, 0.25) is 0 Å². The molecule has 0 bridgehead atoms. The Hall–Kier alpha value is -3.22. The Balaban J connectivity index is 2.84. The smallest absolute Gasteiger partial charge is 0.326 e. The van der Waals surface area contributed by atoms with E-state index in [2.05, 4.69) is 16.0 Å². The van der Waals surface area contributed by atoms with Crippen molar-refractivity contribution in [2.75, 3.05) is 0 Å². The van der Waals surface area contributed by atoms with Crippen molar-refractivity contribution < 1.29 is 44.1 Å². The van der Waals surface area contributed by atoms with Crippen LogP contribution in [0, 0.1) is 5.92 Å². The number of carbonyl (C=O) groups is 6. The van der Waals surface area contributed by atoms with Crippen molar-refractivity contribution in [2.45, 2.75) is 95.3 Å². The van der Waals surface area contributed by atoms with Gasteiger partial charge in [0.2, 0.25) is 17.7 Å². The average Bonchev–Trinajstić information content (AvgIpc) is 2.79. The number of carboxylic acids is 3. The lowest BCUT2D eigenvalue weighted by Crippen LogP contribution is -2.56. The Labute approximate surface area is 203 Å². The molecule has 13 nitrogen and oxygen atoms in total. The van der Waals surface area contributed by atoms with Crippen LogP contribution in [0.5, 0.6) is 0 Å². The molecule has 35 heavy (non-hydrogen) atoms. The minimum Gasteiger partial charge on any atom is -0.481 e. The van der Waals surface area contributed by atoms with E-state index in [4.69, 9.17) is 15.9 Å². The lowest BCUT2D eigenvalue weighted by Gasteiger charge is -2.28. The van der Waals surface area contributed by atoms with Crippen LogP contribution in [0.4, 0.5) is 0 Å². The molecular weight excluding hydrogens is 464 g/mol. The van der Waals surface area contributed by atoms with Crippen LogP contribution in [-0.4, -0.2) is 75.1 Å². The Morgan fingerprint density at radius 3 is 1.86 bits per heavy atom. The summed E-state index contributed by atoms with van der Waals surface area (Å²) in [6, 6.07) is -4.75. The van der Waals surface area contributed by atoms with Gasteiger partial charge in [0.15, 0.2) is 0 Å². The Morgan fingerprint density at radius 1 is 0.771 bits per heavy atom. The van der Waals surface area contributed by atoms with Crippen molar-refractivity contribution in [2.24, 2.45) is 11.7 Å². The van der Waals surface area contributed by atoms with E-state index >= 15 is 0 Å². The number of carboxylic acid groups (broad SMARTS) is 3. The molecule has 0 unspecified atom stereocenters. The Bertz CT molecular complexity index is 783. The lowest BCUT2D eigenvalue weighted by molar-refractivity contribution is -0.143. The SMILES string of the molecule is C[C@H](NC(=O)[C@@H](N)CCC(=O)O)C(=O)N[C@@H](CC1CCCCC1)C(=O)N[C@H](CCC(=O)O)C(=O)O. The van der Waals surface area contributed by atoms with E-state index in [9.17, 15) is 33.9 Å². The maximum Gasteiger partial charge on any atom is 0.326 e. The predicted octanol–water partition coefficient (Wildman–Crippen LogP) is -0.427. The maximum atomic E-state index is 12.9. The van der Waals surface area contributed by atoms with Gasteiger partial charge in [-0.15, -0.1) is 0 Å². The fourth-order valence-corrected chi connectivity index (χ4v) is 3.88. The zero-order valence-corrected chi connectivity index (χ0v) is 19.8. The number of aliphatic carboxylic acids is 3. The van der Waals surface area contributed by atoms with Gasteiger partial charge in [-0.3, -0.25) is 24.0 Å². The average molecular weight is 501 g/mol. The molecule has 4 atom stereocenters. The monoisotopic (exact) mass is 500 g/mol. The molecule has 1 rings (SSSR count). The van der Waals surface area contributed by atoms with E-state index in [1.807, 2.05) is 0 Å². The molecule has 0 aliphatic heterocycles. The van der Waals surface area contributed by atoms with Gasteiger partial charge in [-0.05, 0) is 32.1 Å². The molecule has 0 heterocycles. The third-order valence-corrected chi connectivity index (χ3v) is 5.95. The number of hydrogen-bond acceptors (Lipinski definition) is 7. The third-order valence-electron chi connectivity index (χ3n) is 5.95. The predicted molar refractivity (Wildman–Crippen MR) is 122 cm³/mol. The number of nitrogens with one attached hydrogen (secondary N) is 3. The van der Waals surface area contributed by atoms with Crippen molar-refractivity contribution in [1.82, 2.24) is 16.0 Å². The first-order chi connectivity index (χ1) is 16.4. The summed E-state index contributed by atoms with van der Waals surface area (Å²) >= 11 is 0. The molecule has 0 spiro atoms. The minimum atomic E-state index is -1.44. The molecule has 1 saturated carbocycles. The molecule has 0 aromatic heterocycles. The molecule has 198 valence electrons. The number of hydrogen-bond donors (Lipinski definition) is 7. The Morgan fingerprint density at radius 2 is 1.31 bits per heavy atom. The molecule has 13 heteroatoms. The maximum absolute atomic E-state index is 12.9. The zero-order valence-electron chi connectivity index (χ0n) is 19.8. The van der Waals surface area contributed by atoms with E-state index in [0.29, 0.717) is 0 Å². The highest BCUT2D eigenvalue weighted by Gasteiger charge is 2.31. The fourth-order valence-electron chi connectivity index (χ4n) is 3.88. The van der Waals surface area contributed by atoms with E-state index in [1.54, 1.807) is 0 Å². The fraction of sp³-hybridized carbons (Fsp3) is 0.727. The number of rotatable bonds is 15. The van der Waals surface area contributed by atoms with Crippen molar-refractivity contribution in [3.63, 3.8) is 0 Å². The summed E-state index contributed by atoms with van der Waals surface area (Å²) in [4.78, 5) is 70.7. The van der Waals surface area contributed by atoms with Crippen LogP contribution in [0.15, 0.2) is 0 Å². The first kappa shape index (κ1) is 29.8. The van der Waals surface area contributed by atoms with Gasteiger partial charge in [0.1, 0.15) is 18.1 Å². The molecule has 1 fully saturated rings. The summed E-state index contributed by atoms with van der Waals surface area (Å²) in [5, 5.41) is 34.1. The second-order valence-electron chi connectivity index (χ2n) is 8.90. The van der Waals surface area contributed by atoms with Crippen molar-refractivity contribution >= 4 is 35.6 Å². The number of amides is 3. The first-order valence-corrected chi connectivity index (χ1v) is 11.7. The van der Waals surface area contributed by atoms with Gasteiger partial charge in [-0.2, -0.15) is 0 Å². The van der Waals surface area contributed by atoms with E-state index in [-0.39, 0.29) is 31.6 Å². The first-order valence-electron chi connectivity index (χ1n) is 11.7. The van der Waals surface area contributed by atoms with Crippen LogP contribution in [0.1, 0.15) is 71.1 Å². The topological polar surface area (TPSA) is 225 Å². The van der Waals surface area contributed by atoms with Gasteiger partial charge in [-0.1, -0.05) is 32.1 Å². The largest absolute Gasteiger partial charge is 0.481 e. The van der Waals surface area contributed by atoms with Gasteiger partial charge in [0.25, 0.3) is 0 Å². The van der Waals surface area contributed by atoms with Crippen LogP contribution in [-0.2, 0) is 28.8 Å². The van der Waals surface area contributed by atoms with Crippen molar-refractivity contribution in [1.29, 1.82) is 0 Å². The summed E-state index contributed by atoms with van der Waals surface area (Å²) in [6.07, 6.45) is 3.79. The summed E-state index contributed by atoms with van der Waals surface area (Å²) < 4.78 is 0. The summed E-state index contributed by atoms with van der Waals surface area (Å²) in [5.41, 5.74) is 5.65. The third kappa shape index (κ3) is 11.7. The molecule has 8 N–H and O–H groups in total. The summed E-state index contributed by atoms with van der Waals surface area (Å²) in [5.74, 6) is -5.74. The number of nitrogens with two attached hydrogens (primary N) is 1. The van der Waals surface area contributed by atoms with Gasteiger partial charge >= 0.3 is 17.9 Å². The molecule has 3 amide bonds. The second kappa shape index (κ2) is 14.9. The molecule has 0 radical (unpaired) electrons. The van der Waals surface area contributed by atoms with Gasteiger partial charge in [0, 0.05) is 12.8 Å². The van der Waals surface area contributed by atoms with Gasteiger partial charge in [-0.25, -0.2) is 4.79 Å². The van der Waals surface area contributed by atoms with Crippen LogP contribution < -0.4 is 21.7 Å². The zero-order chi connectivity index (χ0) is 26.5. The van der Waals surface area contributed by atoms with E-state index < -0.39 is 66.2 Å². The number of carbonyl (C=O) groups excluding carboxylic acids is 3. The van der Waals surface area contributed by atoms with Crippen molar-refractivity contribution in [3.8, 4) is 0 Å². The molecule has 0 saturated heterocycles. The molecular formula is C22H36N4O9. The van der Waals surface area contributed by atoms with E-state index in [1.165, 1.54) is 6.92 Å². The normalized spacial score (nSPS) is 17.3. The van der Waals surface area contributed by atoms with Gasteiger partial charge in [0.05, 0.1) is 6.04 Å². The minimum absolute atomic E-state index is 0.116. The summed E-state index contributed by atoms with van der Waals surface area (Å²) in [7, 11) is 0. The van der Waals surface area contributed by atoms with Crippen LogP contribution >= 0.6 is 0 Å². The van der Waals surface area contributed by atoms with Crippen LogP contribution in [0.3, 0.4) is 0 Å². The quantitative estimate of drug-likeness (QED) is 0.153.